The predicted octanol–water partition coefficient (Wildman–Crippen LogP) is 2.21. The summed E-state index contributed by atoms with van der Waals surface area (Å²) in [6.07, 6.45) is 1.94. The van der Waals surface area contributed by atoms with Crippen molar-refractivity contribution in [2.45, 2.75) is 37.8 Å². The molecule has 0 aliphatic carbocycles. The number of carbonyl (C=O) groups excluding carboxylic acids is 1. The number of nitrogens with zero attached hydrogens (tertiary/aromatic N) is 1. The molecule has 2 unspecified atom stereocenters. The Hall–Kier alpha value is -1.30. The summed E-state index contributed by atoms with van der Waals surface area (Å²) in [4.78, 5) is 12.5. The highest BCUT2D eigenvalue weighted by molar-refractivity contribution is 7.89. The summed E-state index contributed by atoms with van der Waals surface area (Å²) in [5.41, 5.74) is 2.14. The topological polar surface area (TPSA) is 52.4 Å². The van der Waals surface area contributed by atoms with Gasteiger partial charge < -0.3 is 9.29 Å². The van der Waals surface area contributed by atoms with Crippen molar-refractivity contribution in [3.8, 4) is 0 Å². The number of hydrogen-bond donors (Lipinski definition) is 0. The summed E-state index contributed by atoms with van der Waals surface area (Å²) in [6.45, 7) is 5.83. The minimum Gasteiger partial charge on any atom is -0.593 e. The van der Waals surface area contributed by atoms with Gasteiger partial charge in [-0.1, -0.05) is 33.7 Å². The van der Waals surface area contributed by atoms with Gasteiger partial charge in [-0.3, -0.25) is 4.79 Å². The summed E-state index contributed by atoms with van der Waals surface area (Å²) in [7, 11) is 1.36. The van der Waals surface area contributed by atoms with E-state index in [1.165, 1.54) is 7.11 Å². The molecule has 4 nitrogen and oxygen atoms in total. The second-order valence-electron chi connectivity index (χ2n) is 4.87. The molecule has 0 N–H and O–H groups in total. The average molecular weight is 293 g/mol. The highest BCUT2D eigenvalue weighted by Crippen LogP contribution is 2.40. The van der Waals surface area contributed by atoms with Gasteiger partial charge in [0.05, 0.1) is 18.5 Å². The molecule has 1 saturated heterocycles. The van der Waals surface area contributed by atoms with Crippen molar-refractivity contribution in [1.29, 1.82) is 0 Å². The average Bonchev–Trinajstić information content (AvgIpc) is 3.21. The quantitative estimate of drug-likeness (QED) is 0.370. The first kappa shape index (κ1) is 15.1. The second-order valence-corrected chi connectivity index (χ2v) is 6.26. The highest BCUT2D eigenvalue weighted by Gasteiger charge is 2.62. The third-order valence-corrected chi connectivity index (χ3v) is 5.05. The number of benzene rings is 1. The van der Waals surface area contributed by atoms with E-state index in [2.05, 4.69) is 0 Å². The van der Waals surface area contributed by atoms with Crippen molar-refractivity contribution < 1.29 is 14.1 Å². The van der Waals surface area contributed by atoms with Gasteiger partial charge in [0.1, 0.15) is 6.04 Å². The molecule has 0 radical (unpaired) electrons. The molecule has 20 heavy (non-hydrogen) atoms. The molecule has 5 heteroatoms. The summed E-state index contributed by atoms with van der Waals surface area (Å²) in [6, 6.07) is 6.93. The molecule has 1 aliphatic rings. The van der Waals surface area contributed by atoms with Crippen molar-refractivity contribution >= 4 is 17.3 Å². The zero-order valence-corrected chi connectivity index (χ0v) is 12.9. The minimum absolute atomic E-state index is 0.130. The van der Waals surface area contributed by atoms with Gasteiger partial charge in [-0.15, -0.1) is 0 Å². The summed E-state index contributed by atoms with van der Waals surface area (Å²) in [5, 5.41) is 0. The zero-order valence-electron chi connectivity index (χ0n) is 12.1. The van der Waals surface area contributed by atoms with Crippen LogP contribution in [0.1, 0.15) is 19.4 Å². The molecule has 1 heterocycles. The van der Waals surface area contributed by atoms with Gasteiger partial charge in [0.25, 0.3) is 0 Å². The maximum Gasteiger partial charge on any atom is 0.329 e. The lowest BCUT2D eigenvalue weighted by Crippen LogP contribution is -2.20. The predicted molar refractivity (Wildman–Crippen MR) is 78.4 cm³/mol. The van der Waals surface area contributed by atoms with Gasteiger partial charge in [-0.2, -0.15) is 0 Å². The van der Waals surface area contributed by atoms with E-state index in [4.69, 9.17) is 4.74 Å². The van der Waals surface area contributed by atoms with Crippen LogP contribution < -0.4 is 0 Å². The number of hydrogen-bond acceptors (Lipinski definition) is 4. The van der Waals surface area contributed by atoms with Crippen molar-refractivity contribution in [3.05, 3.63) is 41.5 Å². The molecule has 0 saturated carbocycles. The van der Waals surface area contributed by atoms with Crippen LogP contribution in [0.3, 0.4) is 0 Å². The maximum absolute atomic E-state index is 12.6. The van der Waals surface area contributed by atoms with E-state index in [0.717, 1.165) is 11.1 Å². The van der Waals surface area contributed by atoms with Gasteiger partial charge in [-0.05, 0) is 32.9 Å². The Labute approximate surface area is 122 Å². The molecule has 1 fully saturated rings. The molecule has 1 aromatic rings. The van der Waals surface area contributed by atoms with Crippen molar-refractivity contribution in [2.24, 2.45) is 0 Å². The second kappa shape index (κ2) is 5.99. The van der Waals surface area contributed by atoms with Crippen molar-refractivity contribution in [2.75, 3.05) is 7.11 Å². The minimum atomic E-state index is -1.35. The van der Waals surface area contributed by atoms with Crippen LogP contribution in [0.2, 0.25) is 0 Å². The van der Waals surface area contributed by atoms with E-state index in [1.54, 1.807) is 4.31 Å². The van der Waals surface area contributed by atoms with Crippen LogP contribution in [0.15, 0.2) is 40.8 Å². The first-order valence-corrected chi connectivity index (χ1v) is 7.59. The van der Waals surface area contributed by atoms with E-state index >= 15 is 0 Å². The number of esters is 1. The molecule has 1 aliphatic heterocycles. The number of allylic oxidation sites excluding steroid dienone is 1. The Morgan fingerprint density at radius 3 is 2.45 bits per heavy atom. The Morgan fingerprint density at radius 1 is 1.35 bits per heavy atom. The number of aryl methyl sites for hydroxylation is 1. The zero-order chi connectivity index (χ0) is 14.9. The monoisotopic (exact) mass is 293 g/mol. The van der Waals surface area contributed by atoms with Gasteiger partial charge in [0.15, 0.2) is 10.9 Å². The molecule has 2 rings (SSSR count). The molecule has 108 valence electrons. The van der Waals surface area contributed by atoms with Gasteiger partial charge in [-0.25, -0.2) is 0 Å². The van der Waals surface area contributed by atoms with E-state index < -0.39 is 17.4 Å². The Kier molecular flexibility index (Phi) is 4.52. The number of carbonyl (C=O) groups is 1. The first-order chi connectivity index (χ1) is 9.51. The van der Waals surface area contributed by atoms with Crippen LogP contribution >= 0.6 is 0 Å². The largest absolute Gasteiger partial charge is 0.593 e. The molecule has 0 spiro atoms. The van der Waals surface area contributed by atoms with Crippen LogP contribution in [0.4, 0.5) is 0 Å². The summed E-state index contributed by atoms with van der Waals surface area (Å²) in [5.74, 6) is -0.336. The maximum atomic E-state index is 12.6. The number of rotatable bonds is 4. The molecule has 0 amide bonds. The van der Waals surface area contributed by atoms with E-state index in [9.17, 15) is 9.35 Å². The molecule has 0 aromatic heterocycles. The molecule has 4 atom stereocenters. The number of methoxy groups -OCH3 is 1. The summed E-state index contributed by atoms with van der Waals surface area (Å²) >= 11 is -1.35. The standard InChI is InChI=1S/C15H19NO3S/c1-5-11(3)13-14(15(17)19-4)16(13)20(18)12-8-6-10(2)7-9-12/h5-9,13-14H,1-4H3/t13-,14-,16?,20?/m0/s1. The molecular weight excluding hydrogens is 274 g/mol. The van der Waals surface area contributed by atoms with Crippen LogP contribution in [0.25, 0.3) is 0 Å². The van der Waals surface area contributed by atoms with Crippen molar-refractivity contribution in [1.82, 2.24) is 4.31 Å². The molecular formula is C15H19NO3S. The Morgan fingerprint density at radius 2 is 1.95 bits per heavy atom. The van der Waals surface area contributed by atoms with E-state index in [1.807, 2.05) is 51.1 Å². The smallest absolute Gasteiger partial charge is 0.329 e. The summed E-state index contributed by atoms with van der Waals surface area (Å²) < 4.78 is 19.1. The van der Waals surface area contributed by atoms with Crippen LogP contribution in [-0.2, 0) is 20.9 Å². The fourth-order valence-corrected chi connectivity index (χ4v) is 3.62. The van der Waals surface area contributed by atoms with Crippen LogP contribution in [0, 0.1) is 6.92 Å². The third kappa shape index (κ3) is 2.75. The van der Waals surface area contributed by atoms with Crippen molar-refractivity contribution in [3.63, 3.8) is 0 Å². The lowest BCUT2D eigenvalue weighted by atomic mass is 10.1. The van der Waals surface area contributed by atoms with Gasteiger partial charge in [0, 0.05) is 0 Å². The highest BCUT2D eigenvalue weighted by atomic mass is 32.2. The lowest BCUT2D eigenvalue weighted by molar-refractivity contribution is -0.140. The van der Waals surface area contributed by atoms with Gasteiger partial charge >= 0.3 is 5.97 Å². The molecule has 0 bridgehead atoms. The Balaban J connectivity index is 2.22. The Bertz CT molecular complexity index is 526. The molecule has 1 aromatic carbocycles. The van der Waals surface area contributed by atoms with Crippen LogP contribution in [0.5, 0.6) is 0 Å². The lowest BCUT2D eigenvalue weighted by Gasteiger charge is -2.11. The normalized spacial score (nSPS) is 27.1. The van der Waals surface area contributed by atoms with Crippen LogP contribution in [-0.4, -0.2) is 34.0 Å². The fourth-order valence-electron chi connectivity index (χ4n) is 2.17. The first-order valence-electron chi connectivity index (χ1n) is 6.48. The number of ether oxygens (including phenoxy) is 1. The van der Waals surface area contributed by atoms with Gasteiger partial charge in [0.2, 0.25) is 0 Å². The fraction of sp³-hybridized carbons (Fsp3) is 0.400. The van der Waals surface area contributed by atoms with E-state index in [-0.39, 0.29) is 12.0 Å². The van der Waals surface area contributed by atoms with E-state index in [0.29, 0.717) is 4.90 Å². The SMILES string of the molecule is CC=C(C)[C@H]1[C@@H](C(=O)OC)N1[S+]([O-])c1ccc(C)cc1. The third-order valence-electron chi connectivity index (χ3n) is 3.54.